The maximum absolute atomic E-state index is 10.9. The van der Waals surface area contributed by atoms with Crippen molar-refractivity contribution >= 4 is 10.0 Å². The van der Waals surface area contributed by atoms with E-state index < -0.39 is 10.0 Å². The summed E-state index contributed by atoms with van der Waals surface area (Å²) in [7, 11) is -3.21. The van der Waals surface area contributed by atoms with Crippen LogP contribution in [0.15, 0.2) is 36.4 Å². The molecule has 0 amide bonds. The number of nitrogens with one attached hydrogen (secondary N) is 1. The number of hydrogen-bond donors (Lipinski definition) is 1. The average Bonchev–Trinajstić information content (AvgIpc) is 2.52. The summed E-state index contributed by atoms with van der Waals surface area (Å²) in [6, 6.07) is 11.1. The number of hydrogen-bond acceptors (Lipinski definition) is 6. The molecule has 0 aliphatic rings. The fourth-order valence-corrected chi connectivity index (χ4v) is 2.28. The van der Waals surface area contributed by atoms with Crippen LogP contribution < -0.4 is 14.2 Å². The first-order chi connectivity index (χ1) is 11.0. The SMILES string of the molecule is CCOc1ccc(-c2ccc(OCCNS(C)(=O)=O)nn2)cc1. The Bertz CT molecular complexity index is 715. The van der Waals surface area contributed by atoms with Crippen molar-refractivity contribution in [3.8, 4) is 22.9 Å². The molecule has 0 fully saturated rings. The van der Waals surface area contributed by atoms with Crippen LogP contribution in [0.25, 0.3) is 11.3 Å². The fraction of sp³-hybridized carbons (Fsp3) is 0.333. The zero-order valence-corrected chi connectivity index (χ0v) is 13.8. The van der Waals surface area contributed by atoms with Crippen molar-refractivity contribution < 1.29 is 17.9 Å². The second-order valence-electron chi connectivity index (χ2n) is 4.73. The first-order valence-electron chi connectivity index (χ1n) is 7.12. The van der Waals surface area contributed by atoms with Gasteiger partial charge < -0.3 is 9.47 Å². The topological polar surface area (TPSA) is 90.4 Å². The van der Waals surface area contributed by atoms with Gasteiger partial charge in [0.15, 0.2) is 0 Å². The standard InChI is InChI=1S/C15H19N3O4S/c1-3-21-13-6-4-12(5-7-13)14-8-9-15(18-17-14)22-11-10-16-23(2,19)20/h4-9,16H,3,10-11H2,1-2H3. The molecule has 0 aliphatic carbocycles. The Balaban J connectivity index is 1.91. The van der Waals surface area contributed by atoms with Crippen LogP contribution in [0.5, 0.6) is 11.6 Å². The van der Waals surface area contributed by atoms with Crippen molar-refractivity contribution in [3.05, 3.63) is 36.4 Å². The maximum Gasteiger partial charge on any atom is 0.233 e. The second-order valence-corrected chi connectivity index (χ2v) is 6.56. The molecule has 1 heterocycles. The van der Waals surface area contributed by atoms with E-state index in [4.69, 9.17) is 9.47 Å². The molecule has 23 heavy (non-hydrogen) atoms. The third kappa shape index (κ3) is 5.84. The van der Waals surface area contributed by atoms with Crippen LogP contribution in [0.4, 0.5) is 0 Å². The lowest BCUT2D eigenvalue weighted by Crippen LogP contribution is -2.27. The normalized spacial score (nSPS) is 11.2. The van der Waals surface area contributed by atoms with Gasteiger partial charge in [-0.2, -0.15) is 0 Å². The summed E-state index contributed by atoms with van der Waals surface area (Å²) in [5.74, 6) is 1.15. The molecule has 0 atom stereocenters. The molecule has 0 aliphatic heterocycles. The molecule has 0 spiro atoms. The van der Waals surface area contributed by atoms with Gasteiger partial charge in [0.05, 0.1) is 18.6 Å². The molecular formula is C15H19N3O4S. The van der Waals surface area contributed by atoms with Crippen LogP contribution in [0.2, 0.25) is 0 Å². The minimum absolute atomic E-state index is 0.182. The molecule has 1 N–H and O–H groups in total. The van der Waals surface area contributed by atoms with Gasteiger partial charge in [-0.3, -0.25) is 0 Å². The Morgan fingerprint density at radius 3 is 2.35 bits per heavy atom. The molecule has 0 bridgehead atoms. The highest BCUT2D eigenvalue weighted by Gasteiger charge is 2.04. The first-order valence-corrected chi connectivity index (χ1v) is 9.01. The van der Waals surface area contributed by atoms with Crippen LogP contribution in [0.3, 0.4) is 0 Å². The van der Waals surface area contributed by atoms with Gasteiger partial charge in [0.2, 0.25) is 15.9 Å². The Hall–Kier alpha value is -2.19. The second kappa shape index (κ2) is 7.89. The van der Waals surface area contributed by atoms with Crippen LogP contribution >= 0.6 is 0 Å². The number of sulfonamides is 1. The molecule has 0 unspecified atom stereocenters. The van der Waals surface area contributed by atoms with E-state index in [1.165, 1.54) is 0 Å². The van der Waals surface area contributed by atoms with Crippen molar-refractivity contribution in [1.82, 2.24) is 14.9 Å². The summed E-state index contributed by atoms with van der Waals surface area (Å²) in [6.07, 6.45) is 1.10. The zero-order valence-electron chi connectivity index (χ0n) is 13.0. The van der Waals surface area contributed by atoms with E-state index in [-0.39, 0.29) is 13.2 Å². The molecule has 7 nitrogen and oxygen atoms in total. The Morgan fingerprint density at radius 2 is 1.78 bits per heavy atom. The van der Waals surface area contributed by atoms with E-state index in [1.54, 1.807) is 12.1 Å². The van der Waals surface area contributed by atoms with Crippen LogP contribution in [-0.4, -0.2) is 44.6 Å². The molecule has 2 aromatic rings. The predicted molar refractivity (Wildman–Crippen MR) is 87.0 cm³/mol. The third-order valence-electron chi connectivity index (χ3n) is 2.82. The Morgan fingerprint density at radius 1 is 1.04 bits per heavy atom. The van der Waals surface area contributed by atoms with Gasteiger partial charge in [0.1, 0.15) is 12.4 Å². The smallest absolute Gasteiger partial charge is 0.233 e. The number of nitrogens with zero attached hydrogens (tertiary/aromatic N) is 2. The van der Waals surface area contributed by atoms with Gasteiger partial charge in [-0.15, -0.1) is 10.2 Å². The number of rotatable bonds is 8. The predicted octanol–water partition coefficient (Wildman–Crippen LogP) is 1.47. The summed E-state index contributed by atoms with van der Waals surface area (Å²) in [6.45, 7) is 2.92. The van der Waals surface area contributed by atoms with Crippen molar-refractivity contribution in [2.45, 2.75) is 6.92 Å². The van der Waals surface area contributed by atoms with Crippen molar-refractivity contribution in [2.75, 3.05) is 26.0 Å². The molecule has 2 rings (SSSR count). The quantitative estimate of drug-likeness (QED) is 0.734. The Kier molecular flexibility index (Phi) is 5.89. The third-order valence-corrected chi connectivity index (χ3v) is 3.55. The lowest BCUT2D eigenvalue weighted by molar-refractivity contribution is 0.307. The van der Waals surface area contributed by atoms with E-state index in [9.17, 15) is 8.42 Å². The molecule has 0 radical (unpaired) electrons. The molecule has 1 aromatic carbocycles. The highest BCUT2D eigenvalue weighted by atomic mass is 32.2. The zero-order chi connectivity index (χ0) is 16.7. The fourth-order valence-electron chi connectivity index (χ4n) is 1.82. The maximum atomic E-state index is 10.9. The average molecular weight is 337 g/mol. The minimum atomic E-state index is -3.21. The lowest BCUT2D eigenvalue weighted by atomic mass is 10.1. The number of ether oxygens (including phenoxy) is 2. The van der Waals surface area contributed by atoms with Crippen molar-refractivity contribution in [3.63, 3.8) is 0 Å². The van der Waals surface area contributed by atoms with E-state index in [0.29, 0.717) is 12.5 Å². The summed E-state index contributed by atoms with van der Waals surface area (Å²) in [5, 5.41) is 8.06. The summed E-state index contributed by atoms with van der Waals surface area (Å²) in [4.78, 5) is 0. The first kappa shape index (κ1) is 17.2. The Labute approximate surface area is 135 Å². The van der Waals surface area contributed by atoms with Gasteiger partial charge in [0.25, 0.3) is 0 Å². The number of benzene rings is 1. The molecule has 0 saturated carbocycles. The van der Waals surface area contributed by atoms with Crippen LogP contribution in [0, 0.1) is 0 Å². The molecule has 0 saturated heterocycles. The van der Waals surface area contributed by atoms with Crippen LogP contribution in [-0.2, 0) is 10.0 Å². The van der Waals surface area contributed by atoms with Crippen molar-refractivity contribution in [2.24, 2.45) is 0 Å². The number of aromatic nitrogens is 2. The highest BCUT2D eigenvalue weighted by Crippen LogP contribution is 2.21. The van der Waals surface area contributed by atoms with E-state index in [0.717, 1.165) is 23.3 Å². The largest absolute Gasteiger partial charge is 0.494 e. The minimum Gasteiger partial charge on any atom is -0.494 e. The highest BCUT2D eigenvalue weighted by molar-refractivity contribution is 7.88. The molecule has 124 valence electrons. The van der Waals surface area contributed by atoms with Gasteiger partial charge in [-0.05, 0) is 37.3 Å². The van der Waals surface area contributed by atoms with Gasteiger partial charge >= 0.3 is 0 Å². The van der Waals surface area contributed by atoms with Crippen LogP contribution in [0.1, 0.15) is 6.92 Å². The lowest BCUT2D eigenvalue weighted by Gasteiger charge is -2.06. The molecule has 8 heteroatoms. The van der Waals surface area contributed by atoms with E-state index in [1.807, 2.05) is 31.2 Å². The molecule has 1 aromatic heterocycles. The van der Waals surface area contributed by atoms with Gasteiger partial charge in [0, 0.05) is 18.2 Å². The van der Waals surface area contributed by atoms with E-state index in [2.05, 4.69) is 14.9 Å². The van der Waals surface area contributed by atoms with Gasteiger partial charge in [-0.1, -0.05) is 0 Å². The monoisotopic (exact) mass is 337 g/mol. The molecular weight excluding hydrogens is 318 g/mol. The summed E-state index contributed by atoms with van der Waals surface area (Å²) in [5.41, 5.74) is 1.64. The van der Waals surface area contributed by atoms with Crippen molar-refractivity contribution in [1.29, 1.82) is 0 Å². The summed E-state index contributed by atoms with van der Waals surface area (Å²) < 4.78 is 34.9. The van der Waals surface area contributed by atoms with Gasteiger partial charge in [-0.25, -0.2) is 13.1 Å². The summed E-state index contributed by atoms with van der Waals surface area (Å²) >= 11 is 0. The van der Waals surface area contributed by atoms with E-state index >= 15 is 0 Å².